The largest absolute Gasteiger partial charge is 0.353 e. The molecular formula is C15H31NO2. The molecule has 0 bridgehead atoms. The molecule has 0 aromatic heterocycles. The lowest BCUT2D eigenvalue weighted by atomic mass is 9.84. The molecule has 0 heterocycles. The normalized spacial score (nSPS) is 24.7. The first-order valence-electron chi connectivity index (χ1n) is 7.76. The quantitative estimate of drug-likeness (QED) is 0.643. The third-order valence-corrected chi connectivity index (χ3v) is 3.88. The van der Waals surface area contributed by atoms with Gasteiger partial charge in [0, 0.05) is 32.2 Å². The Morgan fingerprint density at radius 1 is 1.11 bits per heavy atom. The maximum Gasteiger partial charge on any atom is 0.158 e. The Hall–Kier alpha value is -0.120. The van der Waals surface area contributed by atoms with Gasteiger partial charge in [-0.05, 0) is 32.6 Å². The standard InChI is InChI=1S/C15H31NO2/c1-4-13-8-7-9-14(12-13)16-11-10-15(17-5-2)18-6-3/h13-16H,4-12H2,1-3H3. The first-order valence-corrected chi connectivity index (χ1v) is 7.76. The highest BCUT2D eigenvalue weighted by Crippen LogP contribution is 2.26. The molecule has 3 heteroatoms. The van der Waals surface area contributed by atoms with Crippen LogP contribution in [0.1, 0.15) is 59.3 Å². The van der Waals surface area contributed by atoms with E-state index in [1.807, 2.05) is 13.8 Å². The molecule has 2 unspecified atom stereocenters. The number of hydrogen-bond donors (Lipinski definition) is 1. The van der Waals surface area contributed by atoms with Gasteiger partial charge in [0.05, 0.1) is 0 Å². The fraction of sp³-hybridized carbons (Fsp3) is 1.00. The van der Waals surface area contributed by atoms with Crippen LogP contribution in [0.15, 0.2) is 0 Å². The van der Waals surface area contributed by atoms with Crippen LogP contribution in [0.25, 0.3) is 0 Å². The molecule has 0 amide bonds. The fourth-order valence-corrected chi connectivity index (χ4v) is 2.84. The SMILES string of the molecule is CCOC(CCNC1CCCC(CC)C1)OCC. The second-order valence-electron chi connectivity index (χ2n) is 5.22. The van der Waals surface area contributed by atoms with E-state index in [1.165, 1.54) is 32.1 Å². The van der Waals surface area contributed by atoms with Gasteiger partial charge in [-0.1, -0.05) is 26.2 Å². The second-order valence-corrected chi connectivity index (χ2v) is 5.22. The summed E-state index contributed by atoms with van der Waals surface area (Å²) < 4.78 is 11.1. The van der Waals surface area contributed by atoms with Crippen molar-refractivity contribution >= 4 is 0 Å². The van der Waals surface area contributed by atoms with E-state index in [0.717, 1.165) is 32.1 Å². The van der Waals surface area contributed by atoms with Gasteiger partial charge in [-0.3, -0.25) is 0 Å². The summed E-state index contributed by atoms with van der Waals surface area (Å²) in [6.45, 7) is 8.82. The summed E-state index contributed by atoms with van der Waals surface area (Å²) in [7, 11) is 0. The zero-order valence-corrected chi connectivity index (χ0v) is 12.4. The Morgan fingerprint density at radius 2 is 1.83 bits per heavy atom. The maximum atomic E-state index is 5.55. The van der Waals surface area contributed by atoms with Crippen LogP contribution < -0.4 is 5.32 Å². The highest BCUT2D eigenvalue weighted by molar-refractivity contribution is 4.77. The Kier molecular flexibility index (Phi) is 8.64. The third-order valence-electron chi connectivity index (χ3n) is 3.88. The first kappa shape index (κ1) is 15.9. The van der Waals surface area contributed by atoms with Gasteiger partial charge in [0.1, 0.15) is 0 Å². The summed E-state index contributed by atoms with van der Waals surface area (Å²) in [5, 5.41) is 3.67. The molecule has 1 aliphatic rings. The molecule has 1 aliphatic carbocycles. The third kappa shape index (κ3) is 6.17. The van der Waals surface area contributed by atoms with Gasteiger partial charge in [0.25, 0.3) is 0 Å². The molecule has 108 valence electrons. The summed E-state index contributed by atoms with van der Waals surface area (Å²) >= 11 is 0. The van der Waals surface area contributed by atoms with Crippen molar-refractivity contribution in [3.05, 3.63) is 0 Å². The van der Waals surface area contributed by atoms with Gasteiger partial charge >= 0.3 is 0 Å². The van der Waals surface area contributed by atoms with Crippen LogP contribution in [0.2, 0.25) is 0 Å². The number of nitrogens with one attached hydrogen (secondary N) is 1. The minimum absolute atomic E-state index is 0.0296. The molecule has 0 saturated heterocycles. The van der Waals surface area contributed by atoms with E-state index in [2.05, 4.69) is 12.2 Å². The summed E-state index contributed by atoms with van der Waals surface area (Å²) in [5.41, 5.74) is 0. The highest BCUT2D eigenvalue weighted by Gasteiger charge is 2.20. The molecule has 2 atom stereocenters. The minimum atomic E-state index is -0.0296. The summed E-state index contributed by atoms with van der Waals surface area (Å²) in [4.78, 5) is 0. The van der Waals surface area contributed by atoms with Gasteiger partial charge in [0.15, 0.2) is 6.29 Å². The smallest absolute Gasteiger partial charge is 0.158 e. The van der Waals surface area contributed by atoms with Gasteiger partial charge in [-0.2, -0.15) is 0 Å². The van der Waals surface area contributed by atoms with Crippen LogP contribution in [0.3, 0.4) is 0 Å². The van der Waals surface area contributed by atoms with Crippen LogP contribution >= 0.6 is 0 Å². The molecule has 3 nitrogen and oxygen atoms in total. The summed E-state index contributed by atoms with van der Waals surface area (Å²) in [6, 6.07) is 0.715. The Balaban J connectivity index is 2.15. The average molecular weight is 257 g/mol. The molecule has 0 aliphatic heterocycles. The van der Waals surface area contributed by atoms with E-state index in [4.69, 9.17) is 9.47 Å². The van der Waals surface area contributed by atoms with Crippen molar-refractivity contribution in [1.82, 2.24) is 5.32 Å². The van der Waals surface area contributed by atoms with Crippen molar-refractivity contribution < 1.29 is 9.47 Å². The topological polar surface area (TPSA) is 30.5 Å². The van der Waals surface area contributed by atoms with E-state index in [0.29, 0.717) is 6.04 Å². The summed E-state index contributed by atoms with van der Waals surface area (Å²) in [6.07, 6.45) is 7.76. The highest BCUT2D eigenvalue weighted by atomic mass is 16.7. The van der Waals surface area contributed by atoms with E-state index >= 15 is 0 Å². The maximum absolute atomic E-state index is 5.55. The summed E-state index contributed by atoms with van der Waals surface area (Å²) in [5.74, 6) is 0.936. The lowest BCUT2D eigenvalue weighted by Crippen LogP contribution is -2.36. The molecule has 18 heavy (non-hydrogen) atoms. The predicted octanol–water partition coefficient (Wildman–Crippen LogP) is 3.33. The molecule has 0 aromatic carbocycles. The molecule has 0 radical (unpaired) electrons. The van der Waals surface area contributed by atoms with Crippen LogP contribution in [-0.2, 0) is 9.47 Å². The van der Waals surface area contributed by atoms with Crippen LogP contribution in [0.5, 0.6) is 0 Å². The molecule has 1 N–H and O–H groups in total. The lowest BCUT2D eigenvalue weighted by molar-refractivity contribution is -0.138. The van der Waals surface area contributed by atoms with Crippen molar-refractivity contribution in [2.24, 2.45) is 5.92 Å². The molecule has 1 fully saturated rings. The van der Waals surface area contributed by atoms with Crippen molar-refractivity contribution in [1.29, 1.82) is 0 Å². The molecule has 1 rings (SSSR count). The Morgan fingerprint density at radius 3 is 2.44 bits per heavy atom. The van der Waals surface area contributed by atoms with Gasteiger partial charge in [0.2, 0.25) is 0 Å². The van der Waals surface area contributed by atoms with Crippen molar-refractivity contribution in [3.63, 3.8) is 0 Å². The van der Waals surface area contributed by atoms with Crippen LogP contribution in [0, 0.1) is 5.92 Å². The van der Waals surface area contributed by atoms with E-state index in [1.54, 1.807) is 0 Å². The predicted molar refractivity (Wildman–Crippen MR) is 75.7 cm³/mol. The van der Waals surface area contributed by atoms with Crippen LogP contribution in [-0.4, -0.2) is 32.1 Å². The van der Waals surface area contributed by atoms with Gasteiger partial charge in [-0.25, -0.2) is 0 Å². The zero-order valence-electron chi connectivity index (χ0n) is 12.4. The zero-order chi connectivity index (χ0) is 13.2. The second kappa shape index (κ2) is 9.76. The van der Waals surface area contributed by atoms with E-state index < -0.39 is 0 Å². The molecule has 1 saturated carbocycles. The number of rotatable bonds is 9. The Bertz CT molecular complexity index is 193. The fourth-order valence-electron chi connectivity index (χ4n) is 2.84. The van der Waals surface area contributed by atoms with Gasteiger partial charge < -0.3 is 14.8 Å². The van der Waals surface area contributed by atoms with Crippen molar-refractivity contribution in [2.75, 3.05) is 19.8 Å². The van der Waals surface area contributed by atoms with Crippen LogP contribution in [0.4, 0.5) is 0 Å². The average Bonchev–Trinajstić information content (AvgIpc) is 2.39. The van der Waals surface area contributed by atoms with Gasteiger partial charge in [-0.15, -0.1) is 0 Å². The van der Waals surface area contributed by atoms with E-state index in [-0.39, 0.29) is 6.29 Å². The van der Waals surface area contributed by atoms with Crippen molar-refractivity contribution in [2.45, 2.75) is 71.6 Å². The van der Waals surface area contributed by atoms with E-state index in [9.17, 15) is 0 Å². The molecule has 0 aromatic rings. The van der Waals surface area contributed by atoms with Crippen molar-refractivity contribution in [3.8, 4) is 0 Å². The molecule has 0 spiro atoms. The Labute approximate surface area is 113 Å². The number of hydrogen-bond acceptors (Lipinski definition) is 3. The number of ether oxygens (including phenoxy) is 2. The first-order chi connectivity index (χ1) is 8.80. The minimum Gasteiger partial charge on any atom is -0.353 e. The monoisotopic (exact) mass is 257 g/mol. The molecular weight excluding hydrogens is 226 g/mol. The lowest BCUT2D eigenvalue weighted by Gasteiger charge is -2.29.